The van der Waals surface area contributed by atoms with Crippen LogP contribution in [0.5, 0.6) is 0 Å². The summed E-state index contributed by atoms with van der Waals surface area (Å²) in [7, 11) is 1.53. The van der Waals surface area contributed by atoms with Crippen LogP contribution in [0.15, 0.2) is 22.7 Å². The zero-order chi connectivity index (χ0) is 14.0. The van der Waals surface area contributed by atoms with Crippen molar-refractivity contribution in [2.24, 2.45) is 5.73 Å². The second-order valence-corrected chi connectivity index (χ2v) is 4.76. The largest absolute Gasteiger partial charge is 0.382 e. The van der Waals surface area contributed by atoms with E-state index in [0.29, 0.717) is 0 Å². The number of methoxy groups -OCH3 is 1. The van der Waals surface area contributed by atoms with Crippen molar-refractivity contribution in [1.29, 1.82) is 0 Å². The fourth-order valence-corrected chi connectivity index (χ4v) is 1.72. The van der Waals surface area contributed by atoms with Crippen LogP contribution in [0.3, 0.4) is 0 Å². The van der Waals surface area contributed by atoms with E-state index in [9.17, 15) is 4.39 Å². The van der Waals surface area contributed by atoms with Crippen LogP contribution in [-0.4, -0.2) is 23.9 Å². The molecule has 0 aliphatic rings. The van der Waals surface area contributed by atoms with Gasteiger partial charge in [0.1, 0.15) is 11.4 Å². The maximum atomic E-state index is 13.8. The van der Waals surface area contributed by atoms with Crippen LogP contribution >= 0.6 is 0 Å². The first-order chi connectivity index (χ1) is 8.94. The number of halogens is 1. The summed E-state index contributed by atoms with van der Waals surface area (Å²) in [5.41, 5.74) is 6.21. The Morgan fingerprint density at radius 2 is 2.21 bits per heavy atom. The summed E-state index contributed by atoms with van der Waals surface area (Å²) in [5.74, 6) is -0.00901. The van der Waals surface area contributed by atoms with Crippen LogP contribution in [0.1, 0.15) is 18.3 Å². The van der Waals surface area contributed by atoms with Crippen LogP contribution in [0.2, 0.25) is 0 Å². The molecule has 0 aliphatic carbocycles. The van der Waals surface area contributed by atoms with Gasteiger partial charge in [0.2, 0.25) is 0 Å². The number of benzene rings is 1. The minimum absolute atomic E-state index is 0.111. The zero-order valence-electron chi connectivity index (χ0n) is 11.1. The van der Waals surface area contributed by atoms with Crippen molar-refractivity contribution in [2.45, 2.75) is 19.4 Å². The molecule has 1 unspecified atom stereocenters. The van der Waals surface area contributed by atoms with Gasteiger partial charge in [-0.05, 0) is 31.5 Å². The molecule has 2 aromatic rings. The van der Waals surface area contributed by atoms with Crippen molar-refractivity contribution in [2.75, 3.05) is 13.7 Å². The molecule has 102 valence electrons. The number of nitrogens with zero attached hydrogens (tertiary/aromatic N) is 2. The van der Waals surface area contributed by atoms with E-state index in [0.717, 1.165) is 5.56 Å². The van der Waals surface area contributed by atoms with E-state index in [2.05, 4.69) is 10.1 Å². The van der Waals surface area contributed by atoms with Crippen molar-refractivity contribution >= 4 is 0 Å². The van der Waals surface area contributed by atoms with Crippen molar-refractivity contribution in [3.8, 4) is 11.5 Å². The lowest BCUT2D eigenvalue weighted by atomic mass is 10.1. The number of ether oxygens (including phenoxy) is 1. The van der Waals surface area contributed by atoms with E-state index in [1.807, 2.05) is 6.92 Å². The second-order valence-electron chi connectivity index (χ2n) is 4.76. The molecule has 5 nitrogen and oxygen atoms in total. The van der Waals surface area contributed by atoms with Crippen molar-refractivity contribution in [1.82, 2.24) is 10.1 Å². The third-order valence-corrected chi connectivity index (χ3v) is 2.74. The van der Waals surface area contributed by atoms with Gasteiger partial charge in [-0.15, -0.1) is 0 Å². The number of rotatable bonds is 4. The Kier molecular flexibility index (Phi) is 3.64. The molecule has 2 N–H and O–H groups in total. The smallest absolute Gasteiger partial charge is 0.260 e. The highest BCUT2D eigenvalue weighted by molar-refractivity contribution is 5.54. The molecule has 0 bridgehead atoms. The second kappa shape index (κ2) is 5.07. The Morgan fingerprint density at radius 3 is 2.84 bits per heavy atom. The van der Waals surface area contributed by atoms with Crippen LogP contribution in [0.25, 0.3) is 11.5 Å². The Morgan fingerprint density at radius 1 is 1.47 bits per heavy atom. The molecule has 1 heterocycles. The first kappa shape index (κ1) is 13.6. The molecular weight excluding hydrogens is 249 g/mol. The molecule has 0 amide bonds. The van der Waals surface area contributed by atoms with Gasteiger partial charge in [0.15, 0.2) is 5.82 Å². The van der Waals surface area contributed by atoms with Crippen molar-refractivity contribution in [3.05, 3.63) is 35.4 Å². The van der Waals surface area contributed by atoms with Gasteiger partial charge < -0.3 is 15.0 Å². The van der Waals surface area contributed by atoms with Gasteiger partial charge >= 0.3 is 0 Å². The van der Waals surface area contributed by atoms with Gasteiger partial charge in [-0.25, -0.2) is 4.39 Å². The molecule has 0 fully saturated rings. The molecule has 1 atom stereocenters. The van der Waals surface area contributed by atoms with E-state index in [1.165, 1.54) is 13.2 Å². The number of hydrogen-bond donors (Lipinski definition) is 1. The first-order valence-electron chi connectivity index (χ1n) is 5.82. The number of hydrogen-bond acceptors (Lipinski definition) is 5. The van der Waals surface area contributed by atoms with E-state index in [1.54, 1.807) is 19.1 Å². The zero-order valence-corrected chi connectivity index (χ0v) is 11.1. The number of aromatic nitrogens is 2. The fourth-order valence-electron chi connectivity index (χ4n) is 1.72. The quantitative estimate of drug-likeness (QED) is 0.915. The summed E-state index contributed by atoms with van der Waals surface area (Å²) in [6.07, 6.45) is 0. The highest BCUT2D eigenvalue weighted by Crippen LogP contribution is 2.24. The van der Waals surface area contributed by atoms with Gasteiger partial charge in [-0.1, -0.05) is 11.2 Å². The molecule has 1 aromatic heterocycles. The first-order valence-corrected chi connectivity index (χ1v) is 5.82. The molecule has 0 aliphatic heterocycles. The molecule has 2 rings (SSSR count). The predicted octanol–water partition coefficient (Wildman–Crippen LogP) is 2.00. The lowest BCUT2D eigenvalue weighted by molar-refractivity contribution is 0.135. The normalized spacial score (nSPS) is 14.4. The maximum absolute atomic E-state index is 13.8. The van der Waals surface area contributed by atoms with E-state index >= 15 is 0 Å². The van der Waals surface area contributed by atoms with Gasteiger partial charge in [0.25, 0.3) is 5.89 Å². The summed E-state index contributed by atoms with van der Waals surface area (Å²) in [6, 6.07) is 4.79. The predicted molar refractivity (Wildman–Crippen MR) is 67.8 cm³/mol. The van der Waals surface area contributed by atoms with Crippen LogP contribution in [0.4, 0.5) is 4.39 Å². The third kappa shape index (κ3) is 2.80. The maximum Gasteiger partial charge on any atom is 0.260 e. The molecular formula is C13H16FN3O2. The molecule has 0 saturated heterocycles. The molecule has 0 radical (unpaired) electrons. The van der Waals surface area contributed by atoms with E-state index < -0.39 is 11.4 Å². The van der Waals surface area contributed by atoms with Gasteiger partial charge in [0, 0.05) is 7.11 Å². The topological polar surface area (TPSA) is 74.2 Å². The SMILES string of the molecule is COCC(C)(N)c1noc(-c2ccc(C)cc2F)n1. The standard InChI is InChI=1S/C13H16FN3O2/c1-8-4-5-9(10(14)6-8)11-16-12(17-19-11)13(2,15)7-18-3/h4-6H,7,15H2,1-3H3. The van der Waals surface area contributed by atoms with E-state index in [-0.39, 0.29) is 23.9 Å². The van der Waals surface area contributed by atoms with Crippen LogP contribution in [0, 0.1) is 12.7 Å². The average Bonchev–Trinajstić information content (AvgIpc) is 2.78. The number of aryl methyl sites for hydroxylation is 1. The average molecular weight is 265 g/mol. The Labute approximate surface area is 110 Å². The van der Waals surface area contributed by atoms with Gasteiger partial charge in [0.05, 0.1) is 12.2 Å². The summed E-state index contributed by atoms with van der Waals surface area (Å²) in [6.45, 7) is 3.76. The number of nitrogens with two attached hydrogens (primary N) is 1. The Hall–Kier alpha value is -1.79. The third-order valence-electron chi connectivity index (χ3n) is 2.74. The highest BCUT2D eigenvalue weighted by atomic mass is 19.1. The molecule has 6 heteroatoms. The fraction of sp³-hybridized carbons (Fsp3) is 0.385. The molecule has 19 heavy (non-hydrogen) atoms. The summed E-state index contributed by atoms with van der Waals surface area (Å²) in [4.78, 5) is 4.14. The Balaban J connectivity index is 2.35. The minimum atomic E-state index is -0.877. The summed E-state index contributed by atoms with van der Waals surface area (Å²) < 4.78 is 23.9. The van der Waals surface area contributed by atoms with Crippen molar-refractivity contribution < 1.29 is 13.7 Å². The van der Waals surface area contributed by atoms with Crippen LogP contribution < -0.4 is 5.73 Å². The monoisotopic (exact) mass is 265 g/mol. The summed E-state index contributed by atoms with van der Waals surface area (Å²) >= 11 is 0. The van der Waals surface area contributed by atoms with Crippen LogP contribution in [-0.2, 0) is 10.3 Å². The van der Waals surface area contributed by atoms with Crippen molar-refractivity contribution in [3.63, 3.8) is 0 Å². The molecule has 0 spiro atoms. The van der Waals surface area contributed by atoms with E-state index in [4.69, 9.17) is 15.0 Å². The minimum Gasteiger partial charge on any atom is -0.382 e. The lowest BCUT2D eigenvalue weighted by Crippen LogP contribution is -2.38. The Bertz CT molecular complexity index is 581. The van der Waals surface area contributed by atoms with Gasteiger partial charge in [-0.3, -0.25) is 0 Å². The summed E-state index contributed by atoms with van der Waals surface area (Å²) in [5, 5.41) is 3.79. The highest BCUT2D eigenvalue weighted by Gasteiger charge is 2.28. The van der Waals surface area contributed by atoms with Gasteiger partial charge in [-0.2, -0.15) is 4.98 Å². The molecule has 0 saturated carbocycles. The molecule has 1 aromatic carbocycles. The lowest BCUT2D eigenvalue weighted by Gasteiger charge is -2.18.